The number of hydrogen-bond donors (Lipinski definition) is 1. The molecule has 1 aromatic heterocycles. The van der Waals surface area contributed by atoms with Crippen molar-refractivity contribution in [1.82, 2.24) is 4.90 Å². The molecule has 2 aromatic carbocycles. The molecule has 1 amide bonds. The number of nitrogens with one attached hydrogen (secondary N) is 1. The third-order valence-electron chi connectivity index (χ3n) is 4.23. The number of ether oxygens (including phenoxy) is 1. The molecule has 3 aromatic rings. The van der Waals surface area contributed by atoms with Crippen molar-refractivity contribution < 1.29 is 27.1 Å². The van der Waals surface area contributed by atoms with Gasteiger partial charge in [0.1, 0.15) is 11.3 Å². The minimum atomic E-state index is -4.78. The third kappa shape index (κ3) is 5.60. The molecule has 0 aliphatic rings. The standard InChI is InChI=1S/C21H19F3N2O4/c1-13(27)25-16-7-8-17-15(9-20(28)29-19(17)10-16)12-26(2)11-14-5-3-4-6-18(14)30-21(22,23)24/h3-10H,11-12H2,1-2H3,(H,25,27). The van der Waals surface area contributed by atoms with Crippen molar-refractivity contribution in [1.29, 1.82) is 0 Å². The van der Waals surface area contributed by atoms with Crippen LogP contribution in [-0.2, 0) is 17.9 Å². The van der Waals surface area contributed by atoms with Crippen LogP contribution in [0.4, 0.5) is 18.9 Å². The minimum Gasteiger partial charge on any atom is -0.423 e. The molecule has 1 N–H and O–H groups in total. The Kier molecular flexibility index (Phi) is 6.12. The molecule has 0 radical (unpaired) electrons. The molecule has 0 saturated carbocycles. The van der Waals surface area contributed by atoms with Crippen molar-refractivity contribution in [3.05, 3.63) is 70.1 Å². The highest BCUT2D eigenvalue weighted by Gasteiger charge is 2.32. The van der Waals surface area contributed by atoms with E-state index in [2.05, 4.69) is 10.1 Å². The van der Waals surface area contributed by atoms with Gasteiger partial charge in [-0.1, -0.05) is 18.2 Å². The largest absolute Gasteiger partial charge is 0.573 e. The second kappa shape index (κ2) is 8.58. The molecule has 0 aliphatic carbocycles. The Bertz CT molecular complexity index is 1130. The van der Waals surface area contributed by atoms with Crippen LogP contribution >= 0.6 is 0 Å². The first kappa shape index (κ1) is 21.4. The van der Waals surface area contributed by atoms with Crippen molar-refractivity contribution in [2.24, 2.45) is 0 Å². The number of para-hydroxylation sites is 1. The number of hydrogen-bond acceptors (Lipinski definition) is 5. The number of halogens is 3. The lowest BCUT2D eigenvalue weighted by Crippen LogP contribution is -2.21. The van der Waals surface area contributed by atoms with Crippen molar-refractivity contribution >= 4 is 22.6 Å². The maximum atomic E-state index is 12.6. The van der Waals surface area contributed by atoms with Crippen LogP contribution in [0.3, 0.4) is 0 Å². The summed E-state index contributed by atoms with van der Waals surface area (Å²) in [6, 6.07) is 12.2. The van der Waals surface area contributed by atoms with E-state index in [-0.39, 0.29) is 24.7 Å². The first-order valence-electron chi connectivity index (χ1n) is 8.97. The Morgan fingerprint density at radius 1 is 1.10 bits per heavy atom. The summed E-state index contributed by atoms with van der Waals surface area (Å²) in [6.45, 7) is 1.81. The highest BCUT2D eigenvalue weighted by atomic mass is 19.4. The zero-order valence-electron chi connectivity index (χ0n) is 16.2. The topological polar surface area (TPSA) is 71.8 Å². The maximum absolute atomic E-state index is 12.6. The summed E-state index contributed by atoms with van der Waals surface area (Å²) in [5, 5.41) is 3.28. The van der Waals surface area contributed by atoms with E-state index >= 15 is 0 Å². The lowest BCUT2D eigenvalue weighted by Gasteiger charge is -2.20. The van der Waals surface area contributed by atoms with E-state index in [1.165, 1.54) is 25.1 Å². The number of anilines is 1. The van der Waals surface area contributed by atoms with E-state index < -0.39 is 12.0 Å². The zero-order valence-corrected chi connectivity index (χ0v) is 16.2. The fraction of sp³-hybridized carbons (Fsp3) is 0.238. The average molecular weight is 420 g/mol. The van der Waals surface area contributed by atoms with Crippen molar-refractivity contribution in [3.63, 3.8) is 0 Å². The molecule has 3 rings (SSSR count). The molecule has 6 nitrogen and oxygen atoms in total. The number of alkyl halides is 3. The van der Waals surface area contributed by atoms with Crippen molar-refractivity contribution in [2.75, 3.05) is 12.4 Å². The van der Waals surface area contributed by atoms with Gasteiger partial charge < -0.3 is 14.5 Å². The third-order valence-corrected chi connectivity index (χ3v) is 4.23. The van der Waals surface area contributed by atoms with Crippen molar-refractivity contribution in [2.45, 2.75) is 26.4 Å². The summed E-state index contributed by atoms with van der Waals surface area (Å²) < 4.78 is 47.2. The monoisotopic (exact) mass is 420 g/mol. The molecule has 9 heteroatoms. The Morgan fingerprint density at radius 2 is 1.80 bits per heavy atom. The predicted molar refractivity (Wildman–Crippen MR) is 105 cm³/mol. The van der Waals surface area contributed by atoms with Gasteiger partial charge in [0.25, 0.3) is 0 Å². The molecule has 0 atom stereocenters. The number of carbonyl (C=O) groups is 1. The van der Waals surface area contributed by atoms with E-state index in [1.54, 1.807) is 42.3 Å². The van der Waals surface area contributed by atoms with Gasteiger partial charge in [-0.15, -0.1) is 13.2 Å². The molecule has 1 heterocycles. The van der Waals surface area contributed by atoms with E-state index in [1.807, 2.05) is 0 Å². The molecule has 30 heavy (non-hydrogen) atoms. The van der Waals surface area contributed by atoms with E-state index in [0.717, 1.165) is 0 Å². The number of carbonyl (C=O) groups excluding carboxylic acids is 1. The fourth-order valence-electron chi connectivity index (χ4n) is 3.14. The van der Waals surface area contributed by atoms with Crippen LogP contribution in [-0.4, -0.2) is 24.2 Å². The van der Waals surface area contributed by atoms with Crippen LogP contribution < -0.4 is 15.7 Å². The second-order valence-electron chi connectivity index (χ2n) is 6.81. The normalized spacial score (nSPS) is 11.7. The molecule has 0 bridgehead atoms. The summed E-state index contributed by atoms with van der Waals surface area (Å²) in [7, 11) is 1.72. The number of rotatable bonds is 6. The van der Waals surface area contributed by atoms with Gasteiger partial charge in [-0.25, -0.2) is 4.79 Å². The first-order chi connectivity index (χ1) is 14.1. The fourth-order valence-corrected chi connectivity index (χ4v) is 3.14. The molecule has 0 unspecified atom stereocenters. The number of fused-ring (bicyclic) bond motifs is 1. The second-order valence-corrected chi connectivity index (χ2v) is 6.81. The Labute approximate surface area is 169 Å². The van der Waals surface area contributed by atoms with Gasteiger partial charge in [-0.3, -0.25) is 9.69 Å². The number of amides is 1. The van der Waals surface area contributed by atoms with Gasteiger partial charge in [0, 0.05) is 48.8 Å². The van der Waals surface area contributed by atoms with Gasteiger partial charge in [-0.05, 0) is 30.8 Å². The Hall–Kier alpha value is -3.33. The Morgan fingerprint density at radius 3 is 2.50 bits per heavy atom. The highest BCUT2D eigenvalue weighted by Crippen LogP contribution is 2.28. The quantitative estimate of drug-likeness (QED) is 0.603. The maximum Gasteiger partial charge on any atom is 0.573 e. The van der Waals surface area contributed by atoms with Crippen LogP contribution in [0, 0.1) is 0 Å². The zero-order chi connectivity index (χ0) is 21.9. The molecule has 158 valence electrons. The lowest BCUT2D eigenvalue weighted by atomic mass is 10.1. The van der Waals surface area contributed by atoms with Crippen LogP contribution in [0.2, 0.25) is 0 Å². The van der Waals surface area contributed by atoms with Gasteiger partial charge in [0.2, 0.25) is 5.91 Å². The molecule has 0 fully saturated rings. The predicted octanol–water partition coefficient (Wildman–Crippen LogP) is 4.28. The summed E-state index contributed by atoms with van der Waals surface area (Å²) >= 11 is 0. The molecule has 0 saturated heterocycles. The number of nitrogens with zero attached hydrogens (tertiary/aromatic N) is 1. The molecule has 0 spiro atoms. The van der Waals surface area contributed by atoms with Gasteiger partial charge >= 0.3 is 12.0 Å². The summed E-state index contributed by atoms with van der Waals surface area (Å²) in [4.78, 5) is 25.0. The SMILES string of the molecule is CC(=O)Nc1ccc2c(CN(C)Cc3ccccc3OC(F)(F)F)cc(=O)oc2c1. The minimum absolute atomic E-state index is 0.165. The average Bonchev–Trinajstić information content (AvgIpc) is 2.61. The van der Waals surface area contributed by atoms with E-state index in [0.29, 0.717) is 27.8 Å². The lowest BCUT2D eigenvalue weighted by molar-refractivity contribution is -0.275. The van der Waals surface area contributed by atoms with Gasteiger partial charge in [0.05, 0.1) is 0 Å². The smallest absolute Gasteiger partial charge is 0.423 e. The van der Waals surface area contributed by atoms with Crippen LogP contribution in [0.5, 0.6) is 5.75 Å². The van der Waals surface area contributed by atoms with Gasteiger partial charge in [0.15, 0.2) is 0 Å². The molecule has 0 aliphatic heterocycles. The van der Waals surface area contributed by atoms with Gasteiger partial charge in [-0.2, -0.15) is 0 Å². The molecular formula is C21H19F3N2O4. The van der Waals surface area contributed by atoms with E-state index in [9.17, 15) is 22.8 Å². The van der Waals surface area contributed by atoms with Crippen LogP contribution in [0.25, 0.3) is 11.0 Å². The van der Waals surface area contributed by atoms with E-state index in [4.69, 9.17) is 4.42 Å². The summed E-state index contributed by atoms with van der Waals surface area (Å²) in [5.74, 6) is -0.526. The van der Waals surface area contributed by atoms with Crippen LogP contribution in [0.1, 0.15) is 18.1 Å². The Balaban J connectivity index is 1.84. The highest BCUT2D eigenvalue weighted by molar-refractivity contribution is 5.92. The number of benzene rings is 2. The van der Waals surface area contributed by atoms with Crippen molar-refractivity contribution in [3.8, 4) is 5.75 Å². The van der Waals surface area contributed by atoms with Crippen LogP contribution in [0.15, 0.2) is 57.7 Å². The first-order valence-corrected chi connectivity index (χ1v) is 8.97. The summed E-state index contributed by atoms with van der Waals surface area (Å²) in [5.41, 5.74) is 1.23. The summed E-state index contributed by atoms with van der Waals surface area (Å²) in [6.07, 6.45) is -4.78. The molecular weight excluding hydrogens is 401 g/mol.